The molecule has 0 unspecified atom stereocenters. The van der Waals surface area contributed by atoms with E-state index in [2.05, 4.69) is 10.2 Å². The van der Waals surface area contributed by atoms with E-state index >= 15 is 0 Å². The van der Waals surface area contributed by atoms with Crippen molar-refractivity contribution in [1.29, 1.82) is 0 Å². The third-order valence-electron chi connectivity index (χ3n) is 3.81. The van der Waals surface area contributed by atoms with Crippen molar-refractivity contribution in [3.8, 4) is 11.5 Å². The molecule has 0 saturated carbocycles. The fourth-order valence-corrected chi connectivity index (χ4v) is 3.35. The number of ether oxygens (including phenoxy) is 2. The maximum atomic E-state index is 12.8. The molecule has 0 spiro atoms. The Morgan fingerprint density at radius 2 is 2.08 bits per heavy atom. The number of carbonyl (C=O) groups excluding carboxylic acids is 1. The van der Waals surface area contributed by atoms with Crippen LogP contribution in [0.1, 0.15) is 23.0 Å². The summed E-state index contributed by atoms with van der Waals surface area (Å²) in [6.45, 7) is 2.36. The molecule has 1 atom stereocenters. The number of aromatic nitrogens is 3. The molecule has 2 aromatic heterocycles. The molecule has 0 N–H and O–H groups in total. The lowest BCUT2D eigenvalue weighted by Gasteiger charge is -2.13. The van der Waals surface area contributed by atoms with Crippen molar-refractivity contribution >= 4 is 17.5 Å². The van der Waals surface area contributed by atoms with Crippen LogP contribution in [0.4, 0.5) is 0 Å². The lowest BCUT2D eigenvalue weighted by atomic mass is 10.1. The van der Waals surface area contributed by atoms with Crippen LogP contribution in [0.5, 0.6) is 11.5 Å². The standard InChI is InChI=1S/C18H19N3O4S/c1-12(17(22)13-6-7-15(23-2)16(9-13)24-3)26-18-20-19-11-21(18)10-14-5-4-8-25-14/h4-9,11-12H,10H2,1-3H3/t12-/m0/s1. The summed E-state index contributed by atoms with van der Waals surface area (Å²) in [4.78, 5) is 12.8. The van der Waals surface area contributed by atoms with Crippen molar-refractivity contribution in [3.63, 3.8) is 0 Å². The largest absolute Gasteiger partial charge is 0.493 e. The fraction of sp³-hybridized carbons (Fsp3) is 0.278. The van der Waals surface area contributed by atoms with E-state index in [0.29, 0.717) is 28.8 Å². The Kier molecular flexibility index (Phi) is 5.62. The maximum absolute atomic E-state index is 12.8. The first-order valence-electron chi connectivity index (χ1n) is 7.95. The minimum absolute atomic E-state index is 0.0245. The summed E-state index contributed by atoms with van der Waals surface area (Å²) in [5, 5.41) is 8.37. The van der Waals surface area contributed by atoms with Crippen LogP contribution < -0.4 is 9.47 Å². The molecule has 0 radical (unpaired) electrons. The Morgan fingerprint density at radius 3 is 2.77 bits per heavy atom. The molecule has 3 rings (SSSR count). The van der Waals surface area contributed by atoms with E-state index in [4.69, 9.17) is 13.9 Å². The number of Topliss-reactive ketones (excluding diaryl/α,β-unsaturated/α-hetero) is 1. The van der Waals surface area contributed by atoms with E-state index in [0.717, 1.165) is 5.76 Å². The highest BCUT2D eigenvalue weighted by molar-refractivity contribution is 8.00. The molecule has 2 heterocycles. The first kappa shape index (κ1) is 18.1. The van der Waals surface area contributed by atoms with Crippen molar-refractivity contribution in [2.75, 3.05) is 14.2 Å². The van der Waals surface area contributed by atoms with Crippen LogP contribution in [-0.2, 0) is 6.54 Å². The van der Waals surface area contributed by atoms with Crippen LogP contribution in [0, 0.1) is 0 Å². The number of hydrogen-bond acceptors (Lipinski definition) is 7. The molecule has 3 aromatic rings. The average Bonchev–Trinajstić information content (AvgIpc) is 3.33. The van der Waals surface area contributed by atoms with Gasteiger partial charge < -0.3 is 18.5 Å². The normalized spacial score (nSPS) is 12.0. The molecule has 0 amide bonds. The number of methoxy groups -OCH3 is 2. The number of carbonyl (C=O) groups is 1. The highest BCUT2D eigenvalue weighted by atomic mass is 32.2. The molecule has 0 aliphatic carbocycles. The van der Waals surface area contributed by atoms with E-state index in [1.165, 1.54) is 11.8 Å². The second-order valence-corrected chi connectivity index (χ2v) is 6.82. The van der Waals surface area contributed by atoms with Gasteiger partial charge in [-0.15, -0.1) is 10.2 Å². The van der Waals surface area contributed by atoms with Gasteiger partial charge >= 0.3 is 0 Å². The third kappa shape index (κ3) is 3.91. The number of rotatable bonds is 8. The molecule has 0 saturated heterocycles. The predicted octanol–water partition coefficient (Wildman–Crippen LogP) is 3.30. The zero-order valence-corrected chi connectivity index (χ0v) is 15.5. The summed E-state index contributed by atoms with van der Waals surface area (Å²) in [5.41, 5.74) is 0.555. The second kappa shape index (κ2) is 8.09. The molecule has 0 aliphatic rings. The number of benzene rings is 1. The van der Waals surface area contributed by atoms with Gasteiger partial charge in [-0.25, -0.2) is 0 Å². The summed E-state index contributed by atoms with van der Waals surface area (Å²) >= 11 is 1.35. The number of furan rings is 1. The Bertz CT molecular complexity index is 876. The molecule has 0 bridgehead atoms. The summed E-state index contributed by atoms with van der Waals surface area (Å²) in [6, 6.07) is 8.85. The lowest BCUT2D eigenvalue weighted by molar-refractivity contribution is 0.0993. The second-order valence-electron chi connectivity index (χ2n) is 5.51. The molecule has 136 valence electrons. The molecular formula is C18H19N3O4S. The Hall–Kier alpha value is -2.74. The van der Waals surface area contributed by atoms with Gasteiger partial charge in [0.15, 0.2) is 22.4 Å². The predicted molar refractivity (Wildman–Crippen MR) is 97.0 cm³/mol. The van der Waals surface area contributed by atoms with Crippen molar-refractivity contribution in [1.82, 2.24) is 14.8 Å². The molecule has 7 nitrogen and oxygen atoms in total. The van der Waals surface area contributed by atoms with Gasteiger partial charge in [-0.1, -0.05) is 11.8 Å². The third-order valence-corrected chi connectivity index (χ3v) is 4.90. The van der Waals surface area contributed by atoms with Crippen LogP contribution >= 0.6 is 11.8 Å². The zero-order valence-electron chi connectivity index (χ0n) is 14.7. The van der Waals surface area contributed by atoms with Crippen molar-refractivity contribution in [3.05, 3.63) is 54.2 Å². The lowest BCUT2D eigenvalue weighted by Crippen LogP contribution is -2.15. The number of ketones is 1. The topological polar surface area (TPSA) is 79.4 Å². The smallest absolute Gasteiger partial charge is 0.192 e. The van der Waals surface area contributed by atoms with E-state index < -0.39 is 0 Å². The molecular weight excluding hydrogens is 354 g/mol. The van der Waals surface area contributed by atoms with Gasteiger partial charge in [0, 0.05) is 5.56 Å². The van der Waals surface area contributed by atoms with E-state index in [1.807, 2.05) is 23.6 Å². The van der Waals surface area contributed by atoms with Crippen LogP contribution in [0.25, 0.3) is 0 Å². The highest BCUT2D eigenvalue weighted by Crippen LogP contribution is 2.30. The van der Waals surface area contributed by atoms with E-state index in [1.54, 1.807) is 45.0 Å². The molecule has 1 aromatic carbocycles. The van der Waals surface area contributed by atoms with Gasteiger partial charge in [0.25, 0.3) is 0 Å². The summed E-state index contributed by atoms with van der Waals surface area (Å²) in [7, 11) is 3.10. The Morgan fingerprint density at radius 1 is 1.27 bits per heavy atom. The van der Waals surface area contributed by atoms with Crippen LogP contribution in [0.15, 0.2) is 52.5 Å². The minimum Gasteiger partial charge on any atom is -0.493 e. The molecule has 0 aliphatic heterocycles. The van der Waals surface area contributed by atoms with Crippen LogP contribution in [0.2, 0.25) is 0 Å². The van der Waals surface area contributed by atoms with Crippen LogP contribution in [-0.4, -0.2) is 40.0 Å². The Labute approximate surface area is 155 Å². The number of nitrogens with zero attached hydrogens (tertiary/aromatic N) is 3. The van der Waals surface area contributed by atoms with E-state index in [-0.39, 0.29) is 11.0 Å². The van der Waals surface area contributed by atoms with Crippen molar-refractivity contribution < 1.29 is 18.7 Å². The first-order chi connectivity index (χ1) is 12.6. The maximum Gasteiger partial charge on any atom is 0.192 e. The number of hydrogen-bond donors (Lipinski definition) is 0. The molecule has 26 heavy (non-hydrogen) atoms. The van der Waals surface area contributed by atoms with Gasteiger partial charge in [0.05, 0.1) is 32.3 Å². The minimum atomic E-state index is -0.340. The summed E-state index contributed by atoms with van der Waals surface area (Å²) < 4.78 is 17.7. The molecule has 0 fully saturated rings. The van der Waals surface area contributed by atoms with Gasteiger partial charge in [0.2, 0.25) is 0 Å². The first-order valence-corrected chi connectivity index (χ1v) is 8.83. The fourth-order valence-electron chi connectivity index (χ4n) is 2.45. The van der Waals surface area contributed by atoms with Gasteiger partial charge in [-0.3, -0.25) is 4.79 Å². The van der Waals surface area contributed by atoms with Gasteiger partial charge in [0.1, 0.15) is 12.1 Å². The molecule has 8 heteroatoms. The van der Waals surface area contributed by atoms with Crippen LogP contribution in [0.3, 0.4) is 0 Å². The van der Waals surface area contributed by atoms with Crippen molar-refractivity contribution in [2.45, 2.75) is 23.9 Å². The zero-order chi connectivity index (χ0) is 18.5. The summed E-state index contributed by atoms with van der Waals surface area (Å²) in [5.74, 6) is 1.88. The van der Waals surface area contributed by atoms with Crippen molar-refractivity contribution in [2.24, 2.45) is 0 Å². The van der Waals surface area contributed by atoms with Gasteiger partial charge in [-0.2, -0.15) is 0 Å². The number of thioether (sulfide) groups is 1. The quantitative estimate of drug-likeness (QED) is 0.443. The average molecular weight is 373 g/mol. The summed E-state index contributed by atoms with van der Waals surface area (Å²) in [6.07, 6.45) is 3.24. The van der Waals surface area contributed by atoms with E-state index in [9.17, 15) is 4.79 Å². The SMILES string of the molecule is COc1ccc(C(=O)[C@H](C)Sc2nncn2Cc2ccco2)cc1OC. The van der Waals surface area contributed by atoms with Gasteiger partial charge in [-0.05, 0) is 37.3 Å². The highest BCUT2D eigenvalue weighted by Gasteiger charge is 2.21. The Balaban J connectivity index is 1.73. The monoisotopic (exact) mass is 373 g/mol.